The van der Waals surface area contributed by atoms with E-state index in [0.717, 1.165) is 11.1 Å². The molecule has 1 aromatic heterocycles. The van der Waals surface area contributed by atoms with Crippen molar-refractivity contribution in [3.05, 3.63) is 74.9 Å². The van der Waals surface area contributed by atoms with Crippen LogP contribution in [0.5, 0.6) is 5.75 Å². The van der Waals surface area contributed by atoms with Crippen LogP contribution in [0.4, 0.5) is 4.39 Å². The van der Waals surface area contributed by atoms with Gasteiger partial charge in [0, 0.05) is 18.0 Å². The lowest BCUT2D eigenvalue weighted by Gasteiger charge is -2.33. The first-order chi connectivity index (χ1) is 14.3. The molecule has 5 rings (SSSR count). The summed E-state index contributed by atoms with van der Waals surface area (Å²) in [5.74, 6) is 1.09. The molecule has 0 spiro atoms. The molecule has 2 aliphatic heterocycles. The second-order valence-electron chi connectivity index (χ2n) is 8.73. The lowest BCUT2D eigenvalue weighted by molar-refractivity contribution is -0.201. The van der Waals surface area contributed by atoms with E-state index in [9.17, 15) is 9.18 Å². The molecule has 3 aromatic rings. The summed E-state index contributed by atoms with van der Waals surface area (Å²) in [7, 11) is 0. The maximum absolute atomic E-state index is 13.4. The molecule has 2 atom stereocenters. The van der Waals surface area contributed by atoms with E-state index in [1.165, 1.54) is 12.1 Å². The summed E-state index contributed by atoms with van der Waals surface area (Å²) < 4.78 is 25.6. The minimum atomic E-state index is -0.468. The molecular formula is C24H24FNO4. The van der Waals surface area contributed by atoms with E-state index in [0.29, 0.717) is 41.2 Å². The van der Waals surface area contributed by atoms with Gasteiger partial charge in [0.15, 0.2) is 5.43 Å². The number of hydrogen-bond donors (Lipinski definition) is 0. The lowest BCUT2D eigenvalue weighted by Crippen LogP contribution is -2.37. The summed E-state index contributed by atoms with van der Waals surface area (Å²) in [5.41, 5.74) is 2.46. The van der Waals surface area contributed by atoms with Gasteiger partial charge in [-0.1, -0.05) is 12.1 Å². The van der Waals surface area contributed by atoms with Gasteiger partial charge in [-0.25, -0.2) is 4.39 Å². The molecule has 3 heterocycles. The van der Waals surface area contributed by atoms with Crippen LogP contribution in [-0.2, 0) is 11.4 Å². The summed E-state index contributed by atoms with van der Waals surface area (Å²) in [5, 5.41) is 2.47. The number of halogens is 1. The standard InChI is InChI=1S/C24H24FNO4/c1-13-14(2)29-23-17(22(13)27)9-10-19-20(23)21-18(12-28-19)24(3,4)30-26(21)11-15-5-7-16(25)8-6-15/h5-10,18,21H,11-12H2,1-4H3/t18-,21-/m0/s1. The number of hydroxylamine groups is 2. The van der Waals surface area contributed by atoms with Crippen LogP contribution in [0.1, 0.15) is 42.3 Å². The van der Waals surface area contributed by atoms with E-state index < -0.39 is 5.60 Å². The zero-order valence-corrected chi connectivity index (χ0v) is 17.5. The molecule has 1 fully saturated rings. The Kier molecular flexibility index (Phi) is 4.27. The third-order valence-corrected chi connectivity index (χ3v) is 6.43. The summed E-state index contributed by atoms with van der Waals surface area (Å²) in [6.07, 6.45) is 0. The predicted molar refractivity (Wildman–Crippen MR) is 111 cm³/mol. The van der Waals surface area contributed by atoms with Crippen molar-refractivity contribution in [2.24, 2.45) is 5.92 Å². The van der Waals surface area contributed by atoms with Crippen LogP contribution in [0.3, 0.4) is 0 Å². The number of aryl methyl sites for hydroxylation is 1. The van der Waals surface area contributed by atoms with Gasteiger partial charge in [-0.2, -0.15) is 5.06 Å². The summed E-state index contributed by atoms with van der Waals surface area (Å²) in [4.78, 5) is 19.2. The smallest absolute Gasteiger partial charge is 0.195 e. The van der Waals surface area contributed by atoms with E-state index in [4.69, 9.17) is 14.0 Å². The molecule has 30 heavy (non-hydrogen) atoms. The van der Waals surface area contributed by atoms with Gasteiger partial charge < -0.3 is 9.15 Å². The first-order valence-electron chi connectivity index (χ1n) is 10.2. The maximum Gasteiger partial charge on any atom is 0.195 e. The van der Waals surface area contributed by atoms with E-state index in [2.05, 4.69) is 0 Å². The van der Waals surface area contributed by atoms with Gasteiger partial charge >= 0.3 is 0 Å². The van der Waals surface area contributed by atoms with E-state index in [-0.39, 0.29) is 23.2 Å². The van der Waals surface area contributed by atoms with Gasteiger partial charge in [0.25, 0.3) is 0 Å². The Morgan fingerprint density at radius 3 is 2.60 bits per heavy atom. The Labute approximate surface area is 174 Å². The number of benzene rings is 2. The lowest BCUT2D eigenvalue weighted by atomic mass is 9.80. The predicted octanol–water partition coefficient (Wildman–Crippen LogP) is 4.82. The summed E-state index contributed by atoms with van der Waals surface area (Å²) >= 11 is 0. The quantitative estimate of drug-likeness (QED) is 0.607. The molecule has 1 saturated heterocycles. The third kappa shape index (κ3) is 2.86. The van der Waals surface area contributed by atoms with E-state index in [1.807, 2.05) is 31.9 Å². The van der Waals surface area contributed by atoms with Crippen molar-refractivity contribution < 1.29 is 18.4 Å². The third-order valence-electron chi connectivity index (χ3n) is 6.43. The number of rotatable bonds is 2. The van der Waals surface area contributed by atoms with E-state index in [1.54, 1.807) is 25.1 Å². The summed E-state index contributed by atoms with van der Waals surface area (Å²) in [6, 6.07) is 9.90. The topological polar surface area (TPSA) is 51.9 Å². The fraction of sp³-hybridized carbons (Fsp3) is 0.375. The van der Waals surface area contributed by atoms with Gasteiger partial charge in [-0.3, -0.25) is 9.63 Å². The maximum atomic E-state index is 13.4. The first-order valence-corrected chi connectivity index (χ1v) is 10.2. The van der Waals surface area contributed by atoms with Gasteiger partial charge in [-0.15, -0.1) is 0 Å². The highest BCUT2D eigenvalue weighted by molar-refractivity contribution is 5.83. The Balaban J connectivity index is 1.68. The molecule has 0 unspecified atom stereocenters. The SMILES string of the molecule is Cc1oc2c3c(ccc2c(=O)c1C)OC[C@H]1[C@@H]3N(Cc2ccc(F)cc2)OC1(C)C. The van der Waals surface area contributed by atoms with Crippen molar-refractivity contribution in [3.63, 3.8) is 0 Å². The summed E-state index contributed by atoms with van der Waals surface area (Å²) in [6.45, 7) is 8.66. The van der Waals surface area contributed by atoms with Crippen LogP contribution < -0.4 is 10.2 Å². The minimum Gasteiger partial charge on any atom is -0.493 e. The molecule has 0 saturated carbocycles. The zero-order valence-electron chi connectivity index (χ0n) is 17.5. The van der Waals surface area contributed by atoms with Crippen molar-refractivity contribution in [1.29, 1.82) is 0 Å². The minimum absolute atomic E-state index is 0.0260. The monoisotopic (exact) mass is 409 g/mol. The number of ether oxygens (including phenoxy) is 1. The second kappa shape index (κ2) is 6.65. The molecule has 0 bridgehead atoms. The van der Waals surface area contributed by atoms with Crippen molar-refractivity contribution in [2.45, 2.75) is 45.9 Å². The number of fused-ring (bicyclic) bond motifs is 5. The Morgan fingerprint density at radius 1 is 1.13 bits per heavy atom. The average Bonchev–Trinajstić information content (AvgIpc) is 2.97. The van der Waals surface area contributed by atoms with Gasteiger partial charge in [-0.05, 0) is 57.5 Å². The molecule has 0 aliphatic carbocycles. The Bertz CT molecular complexity index is 1200. The average molecular weight is 409 g/mol. The zero-order chi connectivity index (χ0) is 21.2. The van der Waals surface area contributed by atoms with Crippen LogP contribution in [0.25, 0.3) is 11.0 Å². The Morgan fingerprint density at radius 2 is 1.87 bits per heavy atom. The normalized spacial score (nSPS) is 22.6. The molecule has 0 radical (unpaired) electrons. The highest BCUT2D eigenvalue weighted by atomic mass is 19.1. The molecule has 156 valence electrons. The van der Waals surface area contributed by atoms with Gasteiger partial charge in [0.2, 0.25) is 0 Å². The molecule has 5 nitrogen and oxygen atoms in total. The molecule has 2 aliphatic rings. The number of nitrogens with zero attached hydrogens (tertiary/aromatic N) is 1. The van der Waals surface area contributed by atoms with Crippen LogP contribution in [-0.4, -0.2) is 17.3 Å². The van der Waals surface area contributed by atoms with Gasteiger partial charge in [0.05, 0.1) is 29.2 Å². The highest BCUT2D eigenvalue weighted by Gasteiger charge is 2.53. The molecule has 0 amide bonds. The van der Waals surface area contributed by atoms with Crippen molar-refractivity contribution in [3.8, 4) is 5.75 Å². The highest BCUT2D eigenvalue weighted by Crippen LogP contribution is 2.52. The number of hydrogen-bond acceptors (Lipinski definition) is 5. The molecule has 6 heteroatoms. The Hall–Kier alpha value is -2.70. The van der Waals surface area contributed by atoms with Crippen molar-refractivity contribution in [1.82, 2.24) is 5.06 Å². The van der Waals surface area contributed by atoms with Gasteiger partial charge in [0.1, 0.15) is 22.9 Å². The largest absolute Gasteiger partial charge is 0.493 e. The van der Waals surface area contributed by atoms with Crippen LogP contribution in [0.2, 0.25) is 0 Å². The van der Waals surface area contributed by atoms with Crippen molar-refractivity contribution in [2.75, 3.05) is 6.61 Å². The molecule has 2 aromatic carbocycles. The van der Waals surface area contributed by atoms with Crippen LogP contribution in [0.15, 0.2) is 45.6 Å². The van der Waals surface area contributed by atoms with Crippen molar-refractivity contribution >= 4 is 11.0 Å². The fourth-order valence-electron chi connectivity index (χ4n) is 4.59. The van der Waals surface area contributed by atoms with Crippen LogP contribution in [0, 0.1) is 25.6 Å². The first kappa shape index (κ1) is 19.3. The molecular weight excluding hydrogens is 385 g/mol. The molecule has 0 N–H and O–H groups in total. The van der Waals surface area contributed by atoms with Crippen LogP contribution >= 0.6 is 0 Å². The fourth-order valence-corrected chi connectivity index (χ4v) is 4.59. The second-order valence-corrected chi connectivity index (χ2v) is 8.73. The van der Waals surface area contributed by atoms with E-state index >= 15 is 0 Å².